The zero-order chi connectivity index (χ0) is 42.4. The number of hydrogen-bond acceptors (Lipinski definition) is 3. The number of thiophene rings is 1. The Labute approximate surface area is 365 Å². The first-order chi connectivity index (χ1) is 27.9. The summed E-state index contributed by atoms with van der Waals surface area (Å²) in [7, 11) is 0. The van der Waals surface area contributed by atoms with Crippen LogP contribution in [0.4, 0.5) is 34.1 Å². The molecule has 4 aromatic carbocycles. The fourth-order valence-corrected chi connectivity index (χ4v) is 15.6. The summed E-state index contributed by atoms with van der Waals surface area (Å²) in [6.07, 6.45) is 7.21. The predicted molar refractivity (Wildman–Crippen MR) is 259 cm³/mol. The van der Waals surface area contributed by atoms with E-state index in [1.165, 1.54) is 106 Å². The van der Waals surface area contributed by atoms with Crippen LogP contribution < -0.4 is 25.5 Å². The van der Waals surface area contributed by atoms with Gasteiger partial charge in [0, 0.05) is 43.1 Å². The lowest BCUT2D eigenvalue weighted by atomic mass is 9.35. The smallest absolute Gasteiger partial charge is 0.264 e. The highest BCUT2D eigenvalue weighted by atomic mass is 32.1. The minimum atomic E-state index is -0.0656. The normalized spacial score (nSPS) is 25.8. The van der Waals surface area contributed by atoms with E-state index in [1.807, 2.05) is 0 Å². The zero-order valence-corrected chi connectivity index (χ0v) is 40.1. The summed E-state index contributed by atoms with van der Waals surface area (Å²) in [4.78, 5) is 7.27. The van der Waals surface area contributed by atoms with E-state index >= 15 is 0 Å². The minimum absolute atomic E-state index is 0.0387. The van der Waals surface area contributed by atoms with Crippen molar-refractivity contribution in [1.29, 1.82) is 0 Å². The van der Waals surface area contributed by atoms with Gasteiger partial charge in [-0.3, -0.25) is 0 Å². The number of rotatable bonds is 0. The van der Waals surface area contributed by atoms with Gasteiger partial charge in [0.1, 0.15) is 0 Å². The topological polar surface area (TPSA) is 6.48 Å². The summed E-state index contributed by atoms with van der Waals surface area (Å²) in [6, 6.07) is 21.0. The number of fused-ring (bicyclic) bond motifs is 11. The molecule has 308 valence electrons. The van der Waals surface area contributed by atoms with Gasteiger partial charge in [0.25, 0.3) is 6.71 Å². The Hall–Kier alpha value is -3.76. The molecule has 4 heteroatoms. The fourth-order valence-electron chi connectivity index (χ4n) is 13.9. The summed E-state index contributed by atoms with van der Waals surface area (Å²) in [5, 5.41) is 0. The third-order valence-electron chi connectivity index (χ3n) is 17.9. The second-order valence-corrected chi connectivity index (χ2v) is 25.9. The molecule has 0 radical (unpaired) electrons. The third kappa shape index (κ3) is 4.34. The Bertz CT molecular complexity index is 2840. The summed E-state index contributed by atoms with van der Waals surface area (Å²) in [5.41, 5.74) is 27.5. The molecule has 7 aliphatic rings. The second kappa shape index (κ2) is 10.9. The molecular weight excluding hydrogens is 744 g/mol. The Kier molecular flexibility index (Phi) is 6.88. The molecule has 4 aliphatic heterocycles. The van der Waals surface area contributed by atoms with E-state index in [0.29, 0.717) is 0 Å². The van der Waals surface area contributed by atoms with Gasteiger partial charge in [-0.05, 0) is 159 Å². The van der Waals surface area contributed by atoms with Gasteiger partial charge in [-0.1, -0.05) is 120 Å². The van der Waals surface area contributed by atoms with Crippen molar-refractivity contribution in [3.8, 4) is 0 Å². The summed E-state index contributed by atoms with van der Waals surface area (Å²) in [5.74, 6) is 0. The monoisotopic (exact) mass is 808 g/mol. The van der Waals surface area contributed by atoms with Crippen LogP contribution in [0.5, 0.6) is 0 Å². The maximum absolute atomic E-state index is 2.83. The number of anilines is 6. The van der Waals surface area contributed by atoms with Gasteiger partial charge in [0.05, 0.1) is 17.1 Å². The van der Waals surface area contributed by atoms with Gasteiger partial charge < -0.3 is 9.80 Å². The molecule has 2 unspecified atom stereocenters. The molecule has 2 atom stereocenters. The van der Waals surface area contributed by atoms with Gasteiger partial charge in [0.2, 0.25) is 0 Å². The van der Waals surface area contributed by atoms with Crippen LogP contribution in [0.2, 0.25) is 0 Å². The highest BCUT2D eigenvalue weighted by Gasteiger charge is 2.58. The van der Waals surface area contributed by atoms with E-state index in [-0.39, 0.29) is 44.6 Å². The van der Waals surface area contributed by atoms with Gasteiger partial charge in [-0.25, -0.2) is 0 Å². The summed E-state index contributed by atoms with van der Waals surface area (Å²) in [6.45, 7) is 37.6. The Morgan fingerprint density at radius 3 is 1.78 bits per heavy atom. The predicted octanol–water partition coefficient (Wildman–Crippen LogP) is 13.5. The Balaban J connectivity index is 1.24. The van der Waals surface area contributed by atoms with Crippen LogP contribution >= 0.6 is 11.3 Å². The van der Waals surface area contributed by atoms with Crippen molar-refractivity contribution in [2.75, 3.05) is 9.80 Å². The van der Waals surface area contributed by atoms with Crippen LogP contribution in [0, 0.1) is 13.8 Å². The largest absolute Gasteiger partial charge is 0.311 e. The maximum Gasteiger partial charge on any atom is 0.264 e. The molecule has 0 saturated heterocycles. The van der Waals surface area contributed by atoms with Crippen LogP contribution in [0.1, 0.15) is 189 Å². The van der Waals surface area contributed by atoms with Crippen LogP contribution in [-0.4, -0.2) is 6.71 Å². The molecule has 1 aromatic heterocycles. The van der Waals surface area contributed by atoms with Crippen molar-refractivity contribution in [3.63, 3.8) is 0 Å². The highest BCUT2D eigenvalue weighted by molar-refractivity contribution is 7.29. The highest BCUT2D eigenvalue weighted by Crippen LogP contribution is 2.66. The number of benzene rings is 4. The Morgan fingerprint density at radius 1 is 0.533 bits per heavy atom. The average molecular weight is 809 g/mol. The van der Waals surface area contributed by atoms with E-state index in [2.05, 4.69) is 174 Å². The fraction of sp³-hybridized carbons (Fsp3) is 0.500. The van der Waals surface area contributed by atoms with Crippen molar-refractivity contribution >= 4 is 67.9 Å². The molecule has 0 saturated carbocycles. The molecule has 0 bridgehead atoms. The molecule has 60 heavy (non-hydrogen) atoms. The van der Waals surface area contributed by atoms with Crippen LogP contribution in [0.3, 0.4) is 0 Å². The van der Waals surface area contributed by atoms with Crippen LogP contribution in [-0.2, 0) is 37.9 Å². The number of aryl methyl sites for hydroxylation is 2. The molecule has 2 nitrogen and oxygen atoms in total. The Morgan fingerprint density at radius 2 is 1.12 bits per heavy atom. The lowest BCUT2D eigenvalue weighted by molar-refractivity contribution is 0.327. The van der Waals surface area contributed by atoms with Crippen molar-refractivity contribution in [2.24, 2.45) is 0 Å². The van der Waals surface area contributed by atoms with E-state index in [1.54, 1.807) is 43.0 Å². The van der Waals surface area contributed by atoms with E-state index in [4.69, 9.17) is 0 Å². The lowest BCUT2D eigenvalue weighted by Gasteiger charge is -2.56. The third-order valence-corrected chi connectivity index (χ3v) is 19.5. The lowest BCUT2D eigenvalue weighted by Crippen LogP contribution is -2.62. The molecule has 5 aromatic rings. The van der Waals surface area contributed by atoms with Gasteiger partial charge in [-0.15, -0.1) is 0 Å². The molecule has 5 heterocycles. The second-order valence-electron chi connectivity index (χ2n) is 24.8. The average Bonchev–Trinajstić information content (AvgIpc) is 3.58. The summed E-state index contributed by atoms with van der Waals surface area (Å²) < 4.78 is 1.58. The number of hydrogen-bond donors (Lipinski definition) is 0. The summed E-state index contributed by atoms with van der Waals surface area (Å²) >= 11 is 2.18. The molecule has 12 rings (SSSR count). The van der Waals surface area contributed by atoms with Gasteiger partial charge >= 0.3 is 0 Å². The first-order valence-corrected chi connectivity index (χ1v) is 24.2. The van der Waals surface area contributed by atoms with Gasteiger partial charge in [-0.2, -0.15) is 11.3 Å². The van der Waals surface area contributed by atoms with Crippen molar-refractivity contribution < 1.29 is 0 Å². The molecule has 3 aliphatic carbocycles. The first kappa shape index (κ1) is 38.0. The molecule has 0 spiro atoms. The molecule has 0 fully saturated rings. The van der Waals surface area contributed by atoms with Crippen molar-refractivity contribution in [2.45, 2.75) is 180 Å². The minimum Gasteiger partial charge on any atom is -0.311 e. The van der Waals surface area contributed by atoms with E-state index in [0.717, 1.165) is 0 Å². The number of nitrogens with zero attached hydrogens (tertiary/aromatic N) is 2. The van der Waals surface area contributed by atoms with E-state index < -0.39 is 0 Å². The van der Waals surface area contributed by atoms with Crippen molar-refractivity contribution in [1.82, 2.24) is 0 Å². The van der Waals surface area contributed by atoms with Gasteiger partial charge in [0.15, 0.2) is 0 Å². The standard InChI is InChI=1S/C56H65BN2S/c1-30-24-40-44-41(25-30)59-45-31(2)26-32(50(3,4)5)27-37(45)56(15)23-21-54(12,13)48-43(56)47(59)49(60-48)57(44)38-17-16-33-42-46(38)58(40)39-29-35-34(52(8,9)18-19-53(35,10)11)28-36(39)55(42,14)22-20-51(33,6)7/h16-17,24-29H,18-23H2,1-15H3. The van der Waals surface area contributed by atoms with Crippen molar-refractivity contribution in [3.05, 3.63) is 109 Å². The van der Waals surface area contributed by atoms with Crippen LogP contribution in [0.25, 0.3) is 0 Å². The quantitative estimate of drug-likeness (QED) is 0.141. The molecular formula is C56H65BN2S. The SMILES string of the molecule is Cc1cc2c3c(c1)N1c4c(C)cc(C(C)(C)C)cc4C4(C)CCC(C)(C)c5sc(c1c54)B3c1ccc3c4c1N2c1cc2c(cc1C4(C)CCC3(C)C)C(C)(C)CCC2(C)C. The first-order valence-electron chi connectivity index (χ1n) is 23.4. The molecule has 0 amide bonds. The molecule has 0 N–H and O–H groups in total. The maximum atomic E-state index is 2.83. The van der Waals surface area contributed by atoms with E-state index in [9.17, 15) is 0 Å². The zero-order valence-electron chi connectivity index (χ0n) is 39.2. The van der Waals surface area contributed by atoms with Crippen LogP contribution in [0.15, 0.2) is 48.5 Å².